The molecule has 0 radical (unpaired) electrons. The van der Waals surface area contributed by atoms with Gasteiger partial charge in [-0.2, -0.15) is 0 Å². The van der Waals surface area contributed by atoms with Gasteiger partial charge in [0.2, 0.25) is 0 Å². The Bertz CT molecular complexity index is 358. The fourth-order valence-corrected chi connectivity index (χ4v) is 2.75. The van der Waals surface area contributed by atoms with Crippen molar-refractivity contribution in [3.05, 3.63) is 0 Å². The number of ether oxygens (including phenoxy) is 1. The molecule has 0 spiro atoms. The van der Waals surface area contributed by atoms with E-state index in [0.717, 1.165) is 38.5 Å². The summed E-state index contributed by atoms with van der Waals surface area (Å²) in [6.07, 6.45) is 6.29. The molecule has 0 aliphatic heterocycles. The molecular formula is C15H28N2O2. The fraction of sp³-hybridized carbons (Fsp3) is 0.933. The fourth-order valence-electron chi connectivity index (χ4n) is 2.75. The van der Waals surface area contributed by atoms with Gasteiger partial charge in [-0.05, 0) is 65.2 Å². The molecule has 0 aromatic rings. The monoisotopic (exact) mass is 268 g/mol. The molecule has 2 aliphatic rings. The molecule has 2 atom stereocenters. The minimum absolute atomic E-state index is 0.0341. The number of carbonyl (C=O) groups excluding carboxylic acids is 1. The average molecular weight is 268 g/mol. The van der Waals surface area contributed by atoms with E-state index < -0.39 is 5.60 Å². The van der Waals surface area contributed by atoms with Crippen LogP contribution in [0.25, 0.3) is 0 Å². The lowest BCUT2D eigenvalue weighted by Crippen LogP contribution is -2.42. The van der Waals surface area contributed by atoms with Gasteiger partial charge in [0.05, 0.1) is 0 Å². The largest absolute Gasteiger partial charge is 0.444 e. The molecule has 2 saturated carbocycles. The smallest absolute Gasteiger partial charge is 0.408 e. The molecule has 2 aliphatic carbocycles. The summed E-state index contributed by atoms with van der Waals surface area (Å²) in [5.41, 5.74) is 5.75. The Balaban J connectivity index is 1.77. The van der Waals surface area contributed by atoms with Crippen LogP contribution in [0.3, 0.4) is 0 Å². The Kier molecular flexibility index (Phi) is 3.58. The van der Waals surface area contributed by atoms with Crippen molar-refractivity contribution in [3.63, 3.8) is 0 Å². The van der Waals surface area contributed by atoms with Crippen molar-refractivity contribution >= 4 is 6.09 Å². The number of hydrogen-bond donors (Lipinski definition) is 2. The Labute approximate surface area is 116 Å². The van der Waals surface area contributed by atoms with Crippen LogP contribution in [0.15, 0.2) is 0 Å². The summed E-state index contributed by atoms with van der Waals surface area (Å²) in [7, 11) is 0. The molecule has 0 bridgehead atoms. The van der Waals surface area contributed by atoms with Gasteiger partial charge in [0.1, 0.15) is 5.60 Å². The predicted molar refractivity (Wildman–Crippen MR) is 75.9 cm³/mol. The van der Waals surface area contributed by atoms with Gasteiger partial charge in [-0.1, -0.05) is 6.92 Å². The summed E-state index contributed by atoms with van der Waals surface area (Å²) in [6.45, 7) is 7.86. The summed E-state index contributed by atoms with van der Waals surface area (Å²) < 4.78 is 5.35. The van der Waals surface area contributed by atoms with E-state index in [2.05, 4.69) is 12.2 Å². The standard InChI is InChI=1S/C15H28N2O2/c1-11-10-15(11,7-5-6-14(16)8-9-14)17-12(18)19-13(2,3)4/h11H,5-10,16H2,1-4H3,(H,17,18). The maximum Gasteiger partial charge on any atom is 0.408 e. The predicted octanol–water partition coefficient (Wildman–Crippen LogP) is 2.95. The van der Waals surface area contributed by atoms with Crippen molar-refractivity contribution in [2.24, 2.45) is 11.7 Å². The first-order valence-electron chi connectivity index (χ1n) is 7.44. The van der Waals surface area contributed by atoms with Crippen LogP contribution in [-0.4, -0.2) is 22.8 Å². The zero-order valence-corrected chi connectivity index (χ0v) is 12.7. The van der Waals surface area contributed by atoms with Crippen molar-refractivity contribution in [3.8, 4) is 0 Å². The molecule has 0 aromatic carbocycles. The average Bonchev–Trinajstić information content (AvgIpc) is 3.06. The van der Waals surface area contributed by atoms with Crippen LogP contribution in [0.4, 0.5) is 4.79 Å². The number of nitrogens with two attached hydrogens (primary N) is 1. The maximum atomic E-state index is 11.9. The molecule has 2 rings (SSSR count). The number of hydrogen-bond acceptors (Lipinski definition) is 3. The van der Waals surface area contributed by atoms with Gasteiger partial charge in [-0.25, -0.2) is 4.79 Å². The van der Waals surface area contributed by atoms with E-state index in [1.807, 2.05) is 20.8 Å². The van der Waals surface area contributed by atoms with Crippen LogP contribution in [0.2, 0.25) is 0 Å². The third-order valence-corrected chi connectivity index (χ3v) is 4.39. The van der Waals surface area contributed by atoms with Gasteiger partial charge in [-0.3, -0.25) is 0 Å². The van der Waals surface area contributed by atoms with Crippen molar-refractivity contribution < 1.29 is 9.53 Å². The van der Waals surface area contributed by atoms with Gasteiger partial charge in [0, 0.05) is 11.1 Å². The van der Waals surface area contributed by atoms with Crippen LogP contribution >= 0.6 is 0 Å². The number of rotatable bonds is 5. The van der Waals surface area contributed by atoms with Crippen molar-refractivity contribution in [2.75, 3.05) is 0 Å². The van der Waals surface area contributed by atoms with Crippen LogP contribution in [0, 0.1) is 5.92 Å². The zero-order chi connectivity index (χ0) is 14.3. The number of amides is 1. The Morgan fingerprint density at radius 2 is 1.95 bits per heavy atom. The summed E-state index contributed by atoms with van der Waals surface area (Å²) in [5, 5.41) is 3.08. The Morgan fingerprint density at radius 1 is 1.37 bits per heavy atom. The maximum absolute atomic E-state index is 11.9. The van der Waals surface area contributed by atoms with Gasteiger partial charge in [0.25, 0.3) is 0 Å². The van der Waals surface area contributed by atoms with Crippen LogP contribution in [-0.2, 0) is 4.74 Å². The topological polar surface area (TPSA) is 64.3 Å². The molecule has 2 unspecified atom stereocenters. The Hall–Kier alpha value is -0.770. The molecule has 19 heavy (non-hydrogen) atoms. The number of alkyl carbamates (subject to hydrolysis) is 1. The molecule has 0 heterocycles. The van der Waals surface area contributed by atoms with Crippen LogP contribution in [0.1, 0.15) is 66.2 Å². The van der Waals surface area contributed by atoms with Gasteiger partial charge in [0.15, 0.2) is 0 Å². The van der Waals surface area contributed by atoms with Gasteiger partial charge >= 0.3 is 6.09 Å². The summed E-state index contributed by atoms with van der Waals surface area (Å²) in [6, 6.07) is 0. The van der Waals surface area contributed by atoms with E-state index in [0.29, 0.717) is 5.92 Å². The lowest BCUT2D eigenvalue weighted by molar-refractivity contribution is 0.0487. The number of nitrogens with one attached hydrogen (secondary N) is 1. The third-order valence-electron chi connectivity index (χ3n) is 4.39. The van der Waals surface area contributed by atoms with Crippen molar-refractivity contribution in [2.45, 2.75) is 82.9 Å². The molecule has 0 aromatic heterocycles. The van der Waals surface area contributed by atoms with Crippen molar-refractivity contribution in [1.29, 1.82) is 0 Å². The first-order chi connectivity index (χ1) is 8.64. The van der Waals surface area contributed by atoms with E-state index in [-0.39, 0.29) is 17.2 Å². The van der Waals surface area contributed by atoms with Crippen LogP contribution in [0.5, 0.6) is 0 Å². The minimum atomic E-state index is -0.432. The summed E-state index contributed by atoms with van der Waals surface area (Å²) in [5.74, 6) is 0.549. The second kappa shape index (κ2) is 4.65. The summed E-state index contributed by atoms with van der Waals surface area (Å²) in [4.78, 5) is 11.9. The molecule has 4 heteroatoms. The number of carbonyl (C=O) groups is 1. The van der Waals surface area contributed by atoms with Crippen molar-refractivity contribution in [1.82, 2.24) is 5.32 Å². The van der Waals surface area contributed by atoms with E-state index in [4.69, 9.17) is 10.5 Å². The zero-order valence-electron chi connectivity index (χ0n) is 12.7. The second-order valence-corrected chi connectivity index (χ2v) is 7.60. The lowest BCUT2D eigenvalue weighted by atomic mass is 10.0. The molecule has 1 amide bonds. The molecule has 0 saturated heterocycles. The van der Waals surface area contributed by atoms with E-state index in [9.17, 15) is 4.79 Å². The highest BCUT2D eigenvalue weighted by atomic mass is 16.6. The van der Waals surface area contributed by atoms with Crippen LogP contribution < -0.4 is 11.1 Å². The van der Waals surface area contributed by atoms with Gasteiger partial charge in [-0.15, -0.1) is 0 Å². The second-order valence-electron chi connectivity index (χ2n) is 7.60. The van der Waals surface area contributed by atoms with E-state index in [1.54, 1.807) is 0 Å². The molecular weight excluding hydrogens is 240 g/mol. The molecule has 110 valence electrons. The lowest BCUT2D eigenvalue weighted by Gasteiger charge is -2.24. The highest BCUT2D eigenvalue weighted by molar-refractivity contribution is 5.69. The first-order valence-corrected chi connectivity index (χ1v) is 7.44. The highest BCUT2D eigenvalue weighted by Gasteiger charge is 2.52. The highest BCUT2D eigenvalue weighted by Crippen LogP contribution is 2.48. The van der Waals surface area contributed by atoms with E-state index >= 15 is 0 Å². The quantitative estimate of drug-likeness (QED) is 0.805. The molecule has 2 fully saturated rings. The van der Waals surface area contributed by atoms with Gasteiger partial charge < -0.3 is 15.8 Å². The Morgan fingerprint density at radius 3 is 2.37 bits per heavy atom. The van der Waals surface area contributed by atoms with E-state index in [1.165, 1.54) is 0 Å². The molecule has 3 N–H and O–H groups in total. The SMILES string of the molecule is CC1CC1(CCCC1(N)CC1)NC(=O)OC(C)(C)C. The summed E-state index contributed by atoms with van der Waals surface area (Å²) >= 11 is 0. The minimum Gasteiger partial charge on any atom is -0.444 e. The first kappa shape index (κ1) is 14.6. The normalized spacial score (nSPS) is 31.7. The molecule has 4 nitrogen and oxygen atoms in total. The third kappa shape index (κ3) is 4.10.